The number of methoxy groups -OCH3 is 1. The second-order valence-corrected chi connectivity index (χ2v) is 7.50. The smallest absolute Gasteiger partial charge is 0.292 e. The molecule has 0 fully saturated rings. The van der Waals surface area contributed by atoms with E-state index < -0.39 is 5.91 Å². The molecule has 1 aliphatic rings. The number of nitrogens with zero attached hydrogens (tertiary/aromatic N) is 2. The van der Waals surface area contributed by atoms with Crippen LogP contribution >= 0.6 is 0 Å². The van der Waals surface area contributed by atoms with Crippen LogP contribution in [-0.4, -0.2) is 41.4 Å². The molecule has 2 amide bonds. The maximum atomic E-state index is 13.2. The van der Waals surface area contributed by atoms with Gasteiger partial charge in [-0.05, 0) is 29.3 Å². The van der Waals surface area contributed by atoms with Gasteiger partial charge < -0.3 is 15.2 Å². The summed E-state index contributed by atoms with van der Waals surface area (Å²) in [4.78, 5) is 30.1. The summed E-state index contributed by atoms with van der Waals surface area (Å²) in [5, 5.41) is 13.9. The second-order valence-electron chi connectivity index (χ2n) is 7.50. The molecule has 1 aliphatic heterocycles. The van der Waals surface area contributed by atoms with Gasteiger partial charge in [-0.25, -0.2) is 15.4 Å². The molecule has 3 aromatic rings. The van der Waals surface area contributed by atoms with Crippen LogP contribution in [0.15, 0.2) is 89.6 Å². The predicted molar refractivity (Wildman–Crippen MR) is 129 cm³/mol. The van der Waals surface area contributed by atoms with Gasteiger partial charge in [0.25, 0.3) is 5.91 Å². The van der Waals surface area contributed by atoms with E-state index in [1.807, 2.05) is 60.7 Å². The Bertz CT molecular complexity index is 1240. The van der Waals surface area contributed by atoms with Crippen molar-refractivity contribution in [2.24, 2.45) is 4.99 Å². The van der Waals surface area contributed by atoms with E-state index >= 15 is 0 Å². The first kappa shape index (κ1) is 22.8. The van der Waals surface area contributed by atoms with E-state index in [1.165, 1.54) is 18.2 Å². The topological polar surface area (TPSA) is 103 Å². The normalized spacial score (nSPS) is 14.3. The highest BCUT2D eigenvalue weighted by atomic mass is 16.5. The van der Waals surface area contributed by atoms with Gasteiger partial charge >= 0.3 is 0 Å². The van der Waals surface area contributed by atoms with Crippen LogP contribution in [0.4, 0.5) is 0 Å². The van der Waals surface area contributed by atoms with Crippen molar-refractivity contribution >= 4 is 23.7 Å². The molecular weight excluding hydrogens is 432 g/mol. The Kier molecular flexibility index (Phi) is 7.00. The Morgan fingerprint density at radius 2 is 1.76 bits per heavy atom. The molecule has 0 saturated carbocycles. The molecule has 0 saturated heterocycles. The zero-order valence-electron chi connectivity index (χ0n) is 18.6. The molecule has 4 rings (SSSR count). The van der Waals surface area contributed by atoms with Gasteiger partial charge in [-0.1, -0.05) is 66.7 Å². The van der Waals surface area contributed by atoms with Gasteiger partial charge in [-0.2, -0.15) is 0 Å². The average molecular weight is 457 g/mol. The number of ether oxygens (including phenoxy) is 1. The van der Waals surface area contributed by atoms with E-state index in [4.69, 9.17) is 4.74 Å². The van der Waals surface area contributed by atoms with Gasteiger partial charge in [0, 0.05) is 12.1 Å². The molecule has 0 spiro atoms. The average Bonchev–Trinajstić information content (AvgIpc) is 3.18. The highest BCUT2D eigenvalue weighted by molar-refractivity contribution is 6.19. The summed E-state index contributed by atoms with van der Waals surface area (Å²) < 4.78 is 5.14. The molecule has 3 N–H and O–H groups in total. The Morgan fingerprint density at radius 1 is 1.06 bits per heavy atom. The lowest BCUT2D eigenvalue weighted by Gasteiger charge is -2.19. The van der Waals surface area contributed by atoms with Crippen molar-refractivity contribution in [2.75, 3.05) is 13.7 Å². The molecule has 0 aromatic heterocycles. The first-order valence-electron chi connectivity index (χ1n) is 10.7. The van der Waals surface area contributed by atoms with Gasteiger partial charge in [-0.3, -0.25) is 9.59 Å². The van der Waals surface area contributed by atoms with Crippen molar-refractivity contribution in [3.8, 4) is 11.5 Å². The van der Waals surface area contributed by atoms with Gasteiger partial charge in [0.2, 0.25) is 5.91 Å². The van der Waals surface area contributed by atoms with Crippen molar-refractivity contribution in [3.05, 3.63) is 101 Å². The van der Waals surface area contributed by atoms with Crippen LogP contribution in [0.25, 0.3) is 6.08 Å². The van der Waals surface area contributed by atoms with Crippen molar-refractivity contribution in [1.29, 1.82) is 0 Å². The summed E-state index contributed by atoms with van der Waals surface area (Å²) in [6.07, 6.45) is 1.60. The molecule has 0 radical (unpaired) electrons. The number of carbonyl (C=O) groups excluding carboxylic acids is 2. The highest BCUT2D eigenvalue weighted by Gasteiger charge is 2.31. The summed E-state index contributed by atoms with van der Waals surface area (Å²) in [6.45, 7) is 0.285. The van der Waals surface area contributed by atoms with Gasteiger partial charge in [0.15, 0.2) is 17.3 Å². The molecule has 8 heteroatoms. The molecule has 34 heavy (non-hydrogen) atoms. The number of aliphatic imine (C=N–C) groups is 1. The van der Waals surface area contributed by atoms with Crippen LogP contribution in [0.2, 0.25) is 0 Å². The fourth-order valence-electron chi connectivity index (χ4n) is 3.40. The van der Waals surface area contributed by atoms with Gasteiger partial charge in [0.05, 0.1) is 13.7 Å². The lowest BCUT2D eigenvalue weighted by atomic mass is 10.1. The third-order valence-corrected chi connectivity index (χ3v) is 5.13. The van der Waals surface area contributed by atoms with E-state index in [-0.39, 0.29) is 29.6 Å². The quantitative estimate of drug-likeness (QED) is 0.453. The minimum Gasteiger partial charge on any atom is -0.504 e. The molecule has 0 bridgehead atoms. The number of carbonyl (C=O) groups is 2. The molecule has 3 aromatic carbocycles. The van der Waals surface area contributed by atoms with E-state index in [9.17, 15) is 14.7 Å². The standard InChI is InChI=1S/C26H24N4O4/c1-34-23-15-19(12-13-22(23)31)14-21-26(33)30(25(29-21)20-10-6-3-7-11-20)28-17-24(32)27-16-18-8-4-2-5-9-18/h2-15,28,31H,16-17H2,1H3,(H,27,32)/b21-14-. The SMILES string of the molecule is COc1cc(/C=C2\N=C(c3ccccc3)N(NCC(=O)NCc3ccccc3)C2=O)ccc1O. The number of amidine groups is 1. The third-order valence-electron chi connectivity index (χ3n) is 5.13. The van der Waals surface area contributed by atoms with Crippen LogP contribution < -0.4 is 15.5 Å². The van der Waals surface area contributed by atoms with Gasteiger partial charge in [0.1, 0.15) is 5.70 Å². The van der Waals surface area contributed by atoms with Crippen LogP contribution in [0.1, 0.15) is 16.7 Å². The maximum Gasteiger partial charge on any atom is 0.292 e. The minimum absolute atomic E-state index is 0.000632. The van der Waals surface area contributed by atoms with Crippen molar-refractivity contribution < 1.29 is 19.4 Å². The Balaban J connectivity index is 1.52. The maximum absolute atomic E-state index is 13.2. The number of phenolic OH excluding ortho intramolecular Hbond substituents is 1. The van der Waals surface area contributed by atoms with E-state index in [0.29, 0.717) is 17.9 Å². The molecular formula is C26H24N4O4. The van der Waals surface area contributed by atoms with Gasteiger partial charge in [-0.15, -0.1) is 0 Å². The molecule has 8 nitrogen and oxygen atoms in total. The molecule has 0 unspecified atom stereocenters. The van der Waals surface area contributed by atoms with Crippen LogP contribution in [0, 0.1) is 0 Å². The fourth-order valence-corrected chi connectivity index (χ4v) is 3.40. The lowest BCUT2D eigenvalue weighted by Crippen LogP contribution is -2.48. The number of rotatable bonds is 8. The third kappa shape index (κ3) is 5.31. The van der Waals surface area contributed by atoms with Crippen molar-refractivity contribution in [1.82, 2.24) is 15.8 Å². The van der Waals surface area contributed by atoms with E-state index in [0.717, 1.165) is 11.1 Å². The largest absolute Gasteiger partial charge is 0.504 e. The van der Waals surface area contributed by atoms with Crippen molar-refractivity contribution in [2.45, 2.75) is 6.54 Å². The molecule has 0 atom stereocenters. The number of nitrogens with one attached hydrogen (secondary N) is 2. The number of hydrogen-bond acceptors (Lipinski definition) is 6. The fraction of sp³-hybridized carbons (Fsp3) is 0.115. The van der Waals surface area contributed by atoms with Crippen LogP contribution in [-0.2, 0) is 16.1 Å². The Hall–Kier alpha value is -4.43. The lowest BCUT2D eigenvalue weighted by molar-refractivity contribution is -0.126. The number of amides is 2. The molecule has 1 heterocycles. The summed E-state index contributed by atoms with van der Waals surface area (Å²) >= 11 is 0. The number of phenols is 1. The second kappa shape index (κ2) is 10.5. The number of benzene rings is 3. The zero-order chi connectivity index (χ0) is 23.9. The number of hydrogen-bond donors (Lipinski definition) is 3. The molecule has 172 valence electrons. The first-order chi connectivity index (χ1) is 16.5. The zero-order valence-corrected chi connectivity index (χ0v) is 18.6. The summed E-state index contributed by atoms with van der Waals surface area (Å²) in [7, 11) is 1.45. The summed E-state index contributed by atoms with van der Waals surface area (Å²) in [5.41, 5.74) is 5.42. The number of hydrazine groups is 1. The summed E-state index contributed by atoms with van der Waals surface area (Å²) in [5.74, 6) is 0.0165. The number of aromatic hydroxyl groups is 1. The summed E-state index contributed by atoms with van der Waals surface area (Å²) in [6, 6.07) is 23.6. The Morgan fingerprint density at radius 3 is 2.47 bits per heavy atom. The van der Waals surface area contributed by atoms with E-state index in [2.05, 4.69) is 15.7 Å². The van der Waals surface area contributed by atoms with E-state index in [1.54, 1.807) is 18.2 Å². The highest BCUT2D eigenvalue weighted by Crippen LogP contribution is 2.28. The first-order valence-corrected chi connectivity index (χ1v) is 10.7. The minimum atomic E-state index is -0.401. The monoisotopic (exact) mass is 456 g/mol. The Labute approximate surface area is 197 Å². The molecule has 0 aliphatic carbocycles. The van der Waals surface area contributed by atoms with Crippen LogP contribution in [0.5, 0.6) is 11.5 Å². The van der Waals surface area contributed by atoms with Crippen LogP contribution in [0.3, 0.4) is 0 Å². The predicted octanol–water partition coefficient (Wildman–Crippen LogP) is 2.85. The van der Waals surface area contributed by atoms with Crippen molar-refractivity contribution in [3.63, 3.8) is 0 Å².